The molecule has 1 aliphatic rings. The van der Waals surface area contributed by atoms with Crippen molar-refractivity contribution in [3.05, 3.63) is 12.2 Å². The largest absolute Gasteiger partial charge is 0.444 e. The number of carbonyl (C=O) groups excluding carboxylic acids is 1. The second kappa shape index (κ2) is 9.43. The van der Waals surface area contributed by atoms with Gasteiger partial charge < -0.3 is 20.3 Å². The molecule has 0 heterocycles. The summed E-state index contributed by atoms with van der Waals surface area (Å²) in [6.07, 6.45) is 7.05. The minimum absolute atomic E-state index is 0.260. The molecule has 0 aliphatic heterocycles. The van der Waals surface area contributed by atoms with Gasteiger partial charge in [0.1, 0.15) is 5.60 Å². The molecule has 1 rings (SSSR count). The number of nitrogens with one attached hydrogen (secondary N) is 2. The Morgan fingerprint density at radius 1 is 1.30 bits per heavy atom. The highest BCUT2D eigenvalue weighted by molar-refractivity contribution is 5.80. The molecule has 0 aromatic heterocycles. The highest BCUT2D eigenvalue weighted by atomic mass is 16.6. The van der Waals surface area contributed by atoms with E-state index in [0.29, 0.717) is 25.7 Å². The molecule has 2 N–H and O–H groups in total. The van der Waals surface area contributed by atoms with Crippen LogP contribution in [0.1, 0.15) is 47.0 Å². The van der Waals surface area contributed by atoms with Gasteiger partial charge in [-0.3, -0.25) is 4.99 Å². The topological polar surface area (TPSA) is 66.0 Å². The lowest BCUT2D eigenvalue weighted by molar-refractivity contribution is 0.0253. The fraction of sp³-hybridized carbons (Fsp3) is 0.765. The molecule has 132 valence electrons. The van der Waals surface area contributed by atoms with Crippen LogP contribution in [0.3, 0.4) is 0 Å². The Labute approximate surface area is 140 Å². The number of carbonyl (C=O) groups is 1. The monoisotopic (exact) mass is 324 g/mol. The number of guanidine groups is 1. The van der Waals surface area contributed by atoms with Crippen LogP contribution in [0.2, 0.25) is 0 Å². The number of hydrogen-bond donors (Lipinski definition) is 2. The third-order valence-electron chi connectivity index (χ3n) is 3.39. The Morgan fingerprint density at radius 2 is 1.96 bits per heavy atom. The summed E-state index contributed by atoms with van der Waals surface area (Å²) in [7, 11) is 1.76. The van der Waals surface area contributed by atoms with Gasteiger partial charge in [0.25, 0.3) is 0 Å². The molecule has 6 heteroatoms. The Kier molecular flexibility index (Phi) is 7.92. The van der Waals surface area contributed by atoms with Crippen molar-refractivity contribution >= 4 is 12.1 Å². The fourth-order valence-electron chi connectivity index (χ4n) is 2.32. The van der Waals surface area contributed by atoms with Crippen molar-refractivity contribution in [1.29, 1.82) is 0 Å². The van der Waals surface area contributed by atoms with Crippen molar-refractivity contribution in [3.63, 3.8) is 0 Å². The zero-order valence-corrected chi connectivity index (χ0v) is 15.2. The van der Waals surface area contributed by atoms with Crippen LogP contribution in [-0.4, -0.2) is 55.3 Å². The predicted molar refractivity (Wildman–Crippen MR) is 94.8 cm³/mol. The maximum atomic E-state index is 12.2. The molecule has 23 heavy (non-hydrogen) atoms. The predicted octanol–water partition coefficient (Wildman–Crippen LogP) is 2.52. The Morgan fingerprint density at radius 3 is 2.48 bits per heavy atom. The van der Waals surface area contributed by atoms with Crippen molar-refractivity contribution in [2.45, 2.75) is 58.6 Å². The van der Waals surface area contributed by atoms with E-state index in [1.807, 2.05) is 20.8 Å². The molecule has 1 aliphatic carbocycles. The second-order valence-electron chi connectivity index (χ2n) is 6.75. The number of nitrogens with zero attached hydrogens (tertiary/aromatic N) is 2. The third-order valence-corrected chi connectivity index (χ3v) is 3.39. The lowest BCUT2D eigenvalue weighted by Crippen LogP contribution is -2.46. The van der Waals surface area contributed by atoms with Crippen LogP contribution in [-0.2, 0) is 4.74 Å². The molecule has 1 amide bonds. The van der Waals surface area contributed by atoms with Gasteiger partial charge in [-0.05, 0) is 40.0 Å². The van der Waals surface area contributed by atoms with Crippen LogP contribution in [0.25, 0.3) is 0 Å². The standard InChI is InChI=1S/C17H32N4O2/c1-6-12-21(16(22)23-17(2,3)4)13-11-19-15(18-5)20-14-9-7-8-10-14/h7-8,14H,6,9-13H2,1-5H3,(H2,18,19,20). The van der Waals surface area contributed by atoms with Crippen molar-refractivity contribution in [1.82, 2.24) is 15.5 Å². The van der Waals surface area contributed by atoms with Crippen LogP contribution >= 0.6 is 0 Å². The first-order chi connectivity index (χ1) is 10.9. The second-order valence-corrected chi connectivity index (χ2v) is 6.75. The molecule has 0 saturated carbocycles. The highest BCUT2D eigenvalue weighted by Gasteiger charge is 2.21. The van der Waals surface area contributed by atoms with Crippen LogP contribution in [0.4, 0.5) is 4.79 Å². The van der Waals surface area contributed by atoms with E-state index in [-0.39, 0.29) is 6.09 Å². The number of amides is 1. The summed E-state index contributed by atoms with van der Waals surface area (Å²) in [6, 6.07) is 0.416. The molecule has 0 atom stereocenters. The summed E-state index contributed by atoms with van der Waals surface area (Å²) in [6.45, 7) is 9.62. The minimum Gasteiger partial charge on any atom is -0.444 e. The lowest BCUT2D eigenvalue weighted by atomic mass is 10.2. The van der Waals surface area contributed by atoms with E-state index in [1.54, 1.807) is 11.9 Å². The molecule has 0 unspecified atom stereocenters. The summed E-state index contributed by atoms with van der Waals surface area (Å²) in [5, 5.41) is 6.65. The van der Waals surface area contributed by atoms with Crippen molar-refractivity contribution in [2.24, 2.45) is 4.99 Å². The van der Waals surface area contributed by atoms with E-state index in [1.165, 1.54) is 0 Å². The molecule has 6 nitrogen and oxygen atoms in total. The molecular formula is C17H32N4O2. The first-order valence-electron chi connectivity index (χ1n) is 8.45. The first kappa shape index (κ1) is 19.3. The van der Waals surface area contributed by atoms with Crippen LogP contribution in [0, 0.1) is 0 Å². The van der Waals surface area contributed by atoms with Gasteiger partial charge in [-0.25, -0.2) is 4.79 Å². The van der Waals surface area contributed by atoms with Gasteiger partial charge in [-0.15, -0.1) is 0 Å². The van der Waals surface area contributed by atoms with Gasteiger partial charge in [0, 0.05) is 32.7 Å². The molecule has 0 radical (unpaired) electrons. The molecular weight excluding hydrogens is 292 g/mol. The SMILES string of the molecule is CCCN(CCNC(=NC)NC1CC=CC1)C(=O)OC(C)(C)C. The Hall–Kier alpha value is -1.72. The van der Waals surface area contributed by atoms with Crippen LogP contribution in [0.15, 0.2) is 17.1 Å². The third kappa shape index (κ3) is 7.90. The van der Waals surface area contributed by atoms with Crippen molar-refractivity contribution in [3.8, 4) is 0 Å². The average Bonchev–Trinajstić information content (AvgIpc) is 2.96. The fourth-order valence-corrected chi connectivity index (χ4v) is 2.32. The van der Waals surface area contributed by atoms with Gasteiger partial charge in [0.15, 0.2) is 5.96 Å². The number of aliphatic imine (C=N–C) groups is 1. The van der Waals surface area contributed by atoms with Gasteiger partial charge in [-0.1, -0.05) is 19.1 Å². The van der Waals surface area contributed by atoms with Gasteiger partial charge in [-0.2, -0.15) is 0 Å². The quantitative estimate of drug-likeness (QED) is 0.448. The molecule has 0 spiro atoms. The van der Waals surface area contributed by atoms with E-state index in [4.69, 9.17) is 4.74 Å². The first-order valence-corrected chi connectivity index (χ1v) is 8.45. The van der Waals surface area contributed by atoms with Crippen LogP contribution < -0.4 is 10.6 Å². The van der Waals surface area contributed by atoms with Gasteiger partial charge in [0.05, 0.1) is 0 Å². The molecule has 0 aromatic carbocycles. The normalized spacial score (nSPS) is 15.6. The summed E-state index contributed by atoms with van der Waals surface area (Å²) < 4.78 is 5.45. The maximum Gasteiger partial charge on any atom is 0.410 e. The van der Waals surface area contributed by atoms with E-state index in [0.717, 1.165) is 25.2 Å². The number of ether oxygens (including phenoxy) is 1. The van der Waals surface area contributed by atoms with E-state index < -0.39 is 5.60 Å². The Balaban J connectivity index is 2.40. The van der Waals surface area contributed by atoms with Gasteiger partial charge in [0.2, 0.25) is 0 Å². The zero-order chi connectivity index (χ0) is 17.3. The number of rotatable bonds is 6. The van der Waals surface area contributed by atoms with E-state index >= 15 is 0 Å². The Bertz CT molecular complexity index is 419. The maximum absolute atomic E-state index is 12.2. The summed E-state index contributed by atoms with van der Waals surface area (Å²) in [4.78, 5) is 18.2. The lowest BCUT2D eigenvalue weighted by Gasteiger charge is -2.27. The van der Waals surface area contributed by atoms with E-state index in [9.17, 15) is 4.79 Å². The number of hydrogen-bond acceptors (Lipinski definition) is 3. The van der Waals surface area contributed by atoms with E-state index in [2.05, 4.69) is 34.7 Å². The van der Waals surface area contributed by atoms with Crippen molar-refractivity contribution in [2.75, 3.05) is 26.7 Å². The van der Waals surface area contributed by atoms with Crippen molar-refractivity contribution < 1.29 is 9.53 Å². The summed E-state index contributed by atoms with van der Waals surface area (Å²) in [5.41, 5.74) is -0.469. The summed E-state index contributed by atoms with van der Waals surface area (Å²) >= 11 is 0. The average molecular weight is 324 g/mol. The minimum atomic E-state index is -0.469. The molecule has 0 aromatic rings. The van der Waals surface area contributed by atoms with Gasteiger partial charge >= 0.3 is 6.09 Å². The molecule has 0 saturated heterocycles. The molecule has 0 fully saturated rings. The summed E-state index contributed by atoms with van der Waals surface area (Å²) in [5.74, 6) is 0.777. The van der Waals surface area contributed by atoms with Crippen LogP contribution in [0.5, 0.6) is 0 Å². The smallest absolute Gasteiger partial charge is 0.410 e. The highest BCUT2D eigenvalue weighted by Crippen LogP contribution is 2.10. The molecule has 0 bridgehead atoms. The zero-order valence-electron chi connectivity index (χ0n) is 15.2.